The molecule has 0 saturated heterocycles. The fourth-order valence-electron chi connectivity index (χ4n) is 1.63. The van der Waals surface area contributed by atoms with Gasteiger partial charge in [0.1, 0.15) is 0 Å². The summed E-state index contributed by atoms with van der Waals surface area (Å²) in [6.07, 6.45) is 3.43. The summed E-state index contributed by atoms with van der Waals surface area (Å²) in [5, 5.41) is 12.7. The first-order valence-corrected chi connectivity index (χ1v) is 7.62. The molecule has 102 valence electrons. The Morgan fingerprint density at radius 2 is 2.37 bits per heavy atom. The molecular weight excluding hydrogens is 328 g/mol. The molecule has 2 aromatic rings. The molecule has 0 bridgehead atoms. The lowest BCUT2D eigenvalue weighted by Gasteiger charge is -2.21. The SMILES string of the molecule is CC(C)[C@@H](Cn1ccnn1)NC(=O)c1cc(Br)cs1. The van der Waals surface area contributed by atoms with Gasteiger partial charge in [-0.3, -0.25) is 9.48 Å². The Bertz CT molecular complexity index is 538. The van der Waals surface area contributed by atoms with Gasteiger partial charge in [-0.1, -0.05) is 19.1 Å². The van der Waals surface area contributed by atoms with E-state index in [2.05, 4.69) is 45.4 Å². The van der Waals surface area contributed by atoms with E-state index in [9.17, 15) is 4.79 Å². The topological polar surface area (TPSA) is 59.8 Å². The molecule has 0 fully saturated rings. The van der Waals surface area contributed by atoms with Gasteiger partial charge in [-0.05, 0) is 27.9 Å². The minimum atomic E-state index is -0.0467. The summed E-state index contributed by atoms with van der Waals surface area (Å²) in [4.78, 5) is 12.8. The standard InChI is InChI=1S/C12H15BrN4OS/c1-8(2)10(6-17-4-3-14-16-17)15-12(18)11-5-9(13)7-19-11/h3-5,7-8,10H,6H2,1-2H3,(H,15,18)/t10-/m1/s1. The highest BCUT2D eigenvalue weighted by Crippen LogP contribution is 2.20. The third-order valence-corrected chi connectivity index (χ3v) is 4.46. The first kappa shape index (κ1) is 14.2. The molecule has 0 aromatic carbocycles. The third-order valence-electron chi connectivity index (χ3n) is 2.77. The van der Waals surface area contributed by atoms with Crippen molar-refractivity contribution in [1.82, 2.24) is 20.3 Å². The van der Waals surface area contributed by atoms with Gasteiger partial charge in [0.05, 0.1) is 23.7 Å². The van der Waals surface area contributed by atoms with E-state index >= 15 is 0 Å². The van der Waals surface area contributed by atoms with Crippen LogP contribution in [0, 0.1) is 5.92 Å². The highest BCUT2D eigenvalue weighted by molar-refractivity contribution is 9.10. The van der Waals surface area contributed by atoms with E-state index in [1.54, 1.807) is 17.1 Å². The maximum absolute atomic E-state index is 12.1. The molecule has 0 radical (unpaired) electrons. The molecular formula is C12H15BrN4OS. The second kappa shape index (κ2) is 6.29. The quantitative estimate of drug-likeness (QED) is 0.908. The Hall–Kier alpha value is -1.21. The molecule has 5 nitrogen and oxygen atoms in total. The molecule has 2 aromatic heterocycles. The van der Waals surface area contributed by atoms with E-state index in [1.807, 2.05) is 11.4 Å². The molecule has 0 aliphatic heterocycles. The lowest BCUT2D eigenvalue weighted by Crippen LogP contribution is -2.41. The largest absolute Gasteiger partial charge is 0.346 e. The van der Waals surface area contributed by atoms with Crippen molar-refractivity contribution in [3.05, 3.63) is 33.2 Å². The second-order valence-electron chi connectivity index (χ2n) is 4.58. The van der Waals surface area contributed by atoms with Crippen LogP contribution in [0.5, 0.6) is 0 Å². The molecule has 19 heavy (non-hydrogen) atoms. The minimum Gasteiger partial charge on any atom is -0.346 e. The average Bonchev–Trinajstić information content (AvgIpc) is 2.99. The van der Waals surface area contributed by atoms with Crippen molar-refractivity contribution in [2.24, 2.45) is 5.92 Å². The van der Waals surface area contributed by atoms with Crippen molar-refractivity contribution < 1.29 is 4.79 Å². The monoisotopic (exact) mass is 342 g/mol. The van der Waals surface area contributed by atoms with Crippen LogP contribution >= 0.6 is 27.3 Å². The molecule has 7 heteroatoms. The molecule has 0 aliphatic carbocycles. The van der Waals surface area contributed by atoms with Gasteiger partial charge in [0.25, 0.3) is 5.91 Å². The Labute approximate surface area is 124 Å². The number of nitrogens with one attached hydrogen (secondary N) is 1. The maximum Gasteiger partial charge on any atom is 0.261 e. The van der Waals surface area contributed by atoms with Gasteiger partial charge in [0.15, 0.2) is 0 Å². The number of amides is 1. The maximum atomic E-state index is 12.1. The average molecular weight is 343 g/mol. The number of carbonyl (C=O) groups is 1. The van der Waals surface area contributed by atoms with Gasteiger partial charge in [0.2, 0.25) is 0 Å². The fourth-order valence-corrected chi connectivity index (χ4v) is 2.96. The zero-order chi connectivity index (χ0) is 13.8. The Morgan fingerprint density at radius 3 is 2.89 bits per heavy atom. The molecule has 0 saturated carbocycles. The van der Waals surface area contributed by atoms with Crippen LogP contribution in [0.1, 0.15) is 23.5 Å². The summed E-state index contributed by atoms with van der Waals surface area (Å²) >= 11 is 4.78. The van der Waals surface area contributed by atoms with Gasteiger partial charge in [-0.25, -0.2) is 0 Å². The second-order valence-corrected chi connectivity index (χ2v) is 6.41. The number of halogens is 1. The number of hydrogen-bond donors (Lipinski definition) is 1. The highest BCUT2D eigenvalue weighted by Gasteiger charge is 2.19. The molecule has 1 N–H and O–H groups in total. The molecule has 1 amide bonds. The number of aromatic nitrogens is 3. The van der Waals surface area contributed by atoms with Crippen LogP contribution in [0.25, 0.3) is 0 Å². The predicted molar refractivity (Wildman–Crippen MR) is 78.1 cm³/mol. The number of hydrogen-bond acceptors (Lipinski definition) is 4. The van der Waals surface area contributed by atoms with Gasteiger partial charge in [-0.2, -0.15) is 0 Å². The van der Waals surface area contributed by atoms with Crippen LogP contribution in [0.2, 0.25) is 0 Å². The van der Waals surface area contributed by atoms with Crippen LogP contribution in [-0.2, 0) is 6.54 Å². The normalized spacial score (nSPS) is 12.6. The van der Waals surface area contributed by atoms with Gasteiger partial charge in [-0.15, -0.1) is 16.4 Å². The van der Waals surface area contributed by atoms with E-state index in [0.717, 1.165) is 4.47 Å². The lowest BCUT2D eigenvalue weighted by atomic mass is 10.0. The summed E-state index contributed by atoms with van der Waals surface area (Å²) in [6, 6.07) is 1.85. The molecule has 2 rings (SSSR count). The number of nitrogens with zero attached hydrogens (tertiary/aromatic N) is 3. The van der Waals surface area contributed by atoms with Crippen molar-refractivity contribution in [3.63, 3.8) is 0 Å². The van der Waals surface area contributed by atoms with Crippen LogP contribution in [0.3, 0.4) is 0 Å². The van der Waals surface area contributed by atoms with Crippen molar-refractivity contribution in [2.75, 3.05) is 0 Å². The van der Waals surface area contributed by atoms with Crippen LogP contribution in [0.15, 0.2) is 28.3 Å². The molecule has 1 atom stereocenters. The van der Waals surface area contributed by atoms with Crippen molar-refractivity contribution in [3.8, 4) is 0 Å². The van der Waals surface area contributed by atoms with E-state index in [-0.39, 0.29) is 11.9 Å². The van der Waals surface area contributed by atoms with E-state index in [0.29, 0.717) is 17.3 Å². The number of rotatable bonds is 5. The first-order valence-electron chi connectivity index (χ1n) is 5.95. The summed E-state index contributed by atoms with van der Waals surface area (Å²) in [6.45, 7) is 4.77. The zero-order valence-corrected chi connectivity index (χ0v) is 13.1. The molecule has 0 unspecified atom stereocenters. The van der Waals surface area contributed by atoms with Gasteiger partial charge in [0, 0.05) is 16.0 Å². The van der Waals surface area contributed by atoms with Gasteiger partial charge >= 0.3 is 0 Å². The molecule has 0 aliphatic rings. The lowest BCUT2D eigenvalue weighted by molar-refractivity contribution is 0.0923. The zero-order valence-electron chi connectivity index (χ0n) is 10.7. The number of carbonyl (C=O) groups excluding carboxylic acids is 1. The summed E-state index contributed by atoms with van der Waals surface area (Å²) in [5.41, 5.74) is 0. The first-order chi connectivity index (χ1) is 9.06. The molecule has 2 heterocycles. The number of thiophene rings is 1. The predicted octanol–water partition coefficient (Wildman–Crippen LogP) is 2.56. The summed E-state index contributed by atoms with van der Waals surface area (Å²) in [7, 11) is 0. The van der Waals surface area contributed by atoms with Crippen molar-refractivity contribution in [1.29, 1.82) is 0 Å². The van der Waals surface area contributed by atoms with Crippen LogP contribution in [0.4, 0.5) is 0 Å². The van der Waals surface area contributed by atoms with Crippen LogP contribution < -0.4 is 5.32 Å². The van der Waals surface area contributed by atoms with Crippen molar-refractivity contribution in [2.45, 2.75) is 26.4 Å². The van der Waals surface area contributed by atoms with Crippen molar-refractivity contribution >= 4 is 33.2 Å². The minimum absolute atomic E-state index is 0.0232. The third kappa shape index (κ3) is 3.87. The highest BCUT2D eigenvalue weighted by atomic mass is 79.9. The molecule has 0 spiro atoms. The van der Waals surface area contributed by atoms with E-state index in [1.165, 1.54) is 11.3 Å². The van der Waals surface area contributed by atoms with Crippen LogP contribution in [-0.4, -0.2) is 26.9 Å². The summed E-state index contributed by atoms with van der Waals surface area (Å²) < 4.78 is 2.66. The Kier molecular flexibility index (Phi) is 4.71. The smallest absolute Gasteiger partial charge is 0.261 e. The summed E-state index contributed by atoms with van der Waals surface area (Å²) in [5.74, 6) is 0.270. The fraction of sp³-hybridized carbons (Fsp3) is 0.417. The van der Waals surface area contributed by atoms with E-state index in [4.69, 9.17) is 0 Å². The Balaban J connectivity index is 2.02. The van der Waals surface area contributed by atoms with Gasteiger partial charge < -0.3 is 5.32 Å². The Morgan fingerprint density at radius 1 is 1.58 bits per heavy atom. The van der Waals surface area contributed by atoms with E-state index < -0.39 is 0 Å².